The molecule has 110 valence electrons. The summed E-state index contributed by atoms with van der Waals surface area (Å²) in [6, 6.07) is 11.6. The van der Waals surface area contributed by atoms with E-state index in [9.17, 15) is 9.90 Å². The van der Waals surface area contributed by atoms with E-state index in [1.54, 1.807) is 19.1 Å². The van der Waals surface area contributed by atoms with Crippen LogP contribution < -0.4 is 10.1 Å². The second kappa shape index (κ2) is 6.83. The van der Waals surface area contributed by atoms with Crippen LogP contribution >= 0.6 is 27.5 Å². The molecule has 0 saturated carbocycles. The fourth-order valence-corrected chi connectivity index (χ4v) is 2.05. The van der Waals surface area contributed by atoms with Crippen molar-refractivity contribution in [2.75, 3.05) is 5.32 Å². The lowest BCUT2D eigenvalue weighted by Crippen LogP contribution is -2.30. The monoisotopic (exact) mass is 369 g/mol. The number of aromatic hydroxyl groups is 1. The zero-order valence-corrected chi connectivity index (χ0v) is 13.5. The minimum Gasteiger partial charge on any atom is -0.506 e. The summed E-state index contributed by atoms with van der Waals surface area (Å²) in [4.78, 5) is 12.0. The highest BCUT2D eigenvalue weighted by molar-refractivity contribution is 9.10. The SMILES string of the molecule is C[C@H](Oc1ccc(Br)cc1)C(=O)Nc1cc(Cl)ccc1O. The highest BCUT2D eigenvalue weighted by Crippen LogP contribution is 2.27. The van der Waals surface area contributed by atoms with Crippen molar-refractivity contribution in [1.82, 2.24) is 0 Å². The molecule has 0 aliphatic rings. The summed E-state index contributed by atoms with van der Waals surface area (Å²) in [6.45, 7) is 1.62. The maximum atomic E-state index is 12.0. The lowest BCUT2D eigenvalue weighted by Gasteiger charge is -2.15. The lowest BCUT2D eigenvalue weighted by molar-refractivity contribution is -0.122. The number of carbonyl (C=O) groups excluding carboxylic acids is 1. The molecule has 0 aromatic heterocycles. The van der Waals surface area contributed by atoms with Crippen LogP contribution in [0.2, 0.25) is 5.02 Å². The van der Waals surface area contributed by atoms with Crippen molar-refractivity contribution in [2.45, 2.75) is 13.0 Å². The van der Waals surface area contributed by atoms with E-state index in [4.69, 9.17) is 16.3 Å². The van der Waals surface area contributed by atoms with Crippen LogP contribution in [0, 0.1) is 0 Å². The average Bonchev–Trinajstić information content (AvgIpc) is 2.45. The molecule has 0 spiro atoms. The van der Waals surface area contributed by atoms with E-state index in [1.807, 2.05) is 12.1 Å². The summed E-state index contributed by atoms with van der Waals surface area (Å²) >= 11 is 9.15. The minimum absolute atomic E-state index is 0.0522. The fourth-order valence-electron chi connectivity index (χ4n) is 1.61. The van der Waals surface area contributed by atoms with E-state index in [1.165, 1.54) is 18.2 Å². The number of hydrogen-bond donors (Lipinski definition) is 2. The summed E-state index contributed by atoms with van der Waals surface area (Å²) in [5.41, 5.74) is 0.249. The molecule has 1 amide bonds. The van der Waals surface area contributed by atoms with E-state index in [0.29, 0.717) is 10.8 Å². The van der Waals surface area contributed by atoms with Gasteiger partial charge in [-0.15, -0.1) is 0 Å². The molecule has 2 aromatic carbocycles. The van der Waals surface area contributed by atoms with Crippen molar-refractivity contribution < 1.29 is 14.6 Å². The third kappa shape index (κ3) is 4.37. The Kier molecular flexibility index (Phi) is 5.09. The highest BCUT2D eigenvalue weighted by atomic mass is 79.9. The van der Waals surface area contributed by atoms with Crippen LogP contribution in [-0.2, 0) is 4.79 Å². The molecule has 0 fully saturated rings. The first-order valence-corrected chi connectivity index (χ1v) is 7.34. The van der Waals surface area contributed by atoms with Crippen molar-refractivity contribution >= 4 is 39.1 Å². The molecule has 0 heterocycles. The third-order valence-electron chi connectivity index (χ3n) is 2.71. The van der Waals surface area contributed by atoms with Gasteiger partial charge >= 0.3 is 0 Å². The van der Waals surface area contributed by atoms with Gasteiger partial charge < -0.3 is 15.2 Å². The standard InChI is InChI=1S/C15H13BrClNO3/c1-9(21-12-5-2-10(16)3-6-12)15(20)18-13-8-11(17)4-7-14(13)19/h2-9,19H,1H3,(H,18,20)/t9-/m0/s1. The van der Waals surface area contributed by atoms with Gasteiger partial charge in [-0.1, -0.05) is 27.5 Å². The summed E-state index contributed by atoms with van der Waals surface area (Å²) in [5, 5.41) is 12.7. The molecular formula is C15H13BrClNO3. The number of nitrogens with one attached hydrogen (secondary N) is 1. The number of anilines is 1. The zero-order chi connectivity index (χ0) is 15.4. The summed E-state index contributed by atoms with van der Waals surface area (Å²) < 4.78 is 6.45. The molecular weight excluding hydrogens is 358 g/mol. The molecule has 1 atom stereocenters. The molecule has 0 saturated heterocycles. The van der Waals surface area contributed by atoms with E-state index in [0.717, 1.165) is 4.47 Å². The van der Waals surface area contributed by atoms with Crippen molar-refractivity contribution in [3.05, 3.63) is 52.0 Å². The molecule has 0 bridgehead atoms. The number of halogens is 2. The molecule has 2 rings (SSSR count). The number of rotatable bonds is 4. The van der Waals surface area contributed by atoms with Crippen molar-refractivity contribution in [3.8, 4) is 11.5 Å². The topological polar surface area (TPSA) is 58.6 Å². The normalized spacial score (nSPS) is 11.8. The van der Waals surface area contributed by atoms with Gasteiger partial charge in [0.15, 0.2) is 6.10 Å². The number of amides is 1. The Labute approximate surface area is 135 Å². The van der Waals surface area contributed by atoms with E-state index in [2.05, 4.69) is 21.2 Å². The number of phenolic OH excluding ortho intramolecular Hbond substituents is 1. The van der Waals surface area contributed by atoms with Gasteiger partial charge in [0, 0.05) is 9.50 Å². The maximum Gasteiger partial charge on any atom is 0.265 e. The predicted octanol–water partition coefficient (Wildman–Crippen LogP) is 4.21. The first-order valence-electron chi connectivity index (χ1n) is 6.17. The lowest BCUT2D eigenvalue weighted by atomic mass is 10.2. The van der Waals surface area contributed by atoms with Crippen LogP contribution in [0.25, 0.3) is 0 Å². The Morgan fingerprint density at radius 2 is 1.95 bits per heavy atom. The molecule has 0 radical (unpaired) electrons. The first-order chi connectivity index (χ1) is 9.95. The maximum absolute atomic E-state index is 12.0. The van der Waals surface area contributed by atoms with Gasteiger partial charge in [-0.05, 0) is 49.4 Å². The smallest absolute Gasteiger partial charge is 0.265 e. The third-order valence-corrected chi connectivity index (χ3v) is 3.48. The van der Waals surface area contributed by atoms with Gasteiger partial charge in [0.05, 0.1) is 5.69 Å². The molecule has 0 aliphatic carbocycles. The van der Waals surface area contributed by atoms with Crippen molar-refractivity contribution in [2.24, 2.45) is 0 Å². The van der Waals surface area contributed by atoms with Crippen LogP contribution in [0.1, 0.15) is 6.92 Å². The van der Waals surface area contributed by atoms with Crippen LogP contribution in [0.5, 0.6) is 11.5 Å². The van der Waals surface area contributed by atoms with Gasteiger partial charge in [-0.3, -0.25) is 4.79 Å². The van der Waals surface area contributed by atoms with E-state index < -0.39 is 6.10 Å². The second-order valence-corrected chi connectivity index (χ2v) is 5.72. The Bertz CT molecular complexity index is 646. The average molecular weight is 371 g/mol. The number of phenols is 1. The zero-order valence-electron chi connectivity index (χ0n) is 11.1. The first kappa shape index (κ1) is 15.7. The Hall–Kier alpha value is -1.72. The summed E-state index contributed by atoms with van der Waals surface area (Å²) in [5.74, 6) is 0.148. The predicted molar refractivity (Wildman–Crippen MR) is 86.0 cm³/mol. The van der Waals surface area contributed by atoms with Gasteiger partial charge in [-0.25, -0.2) is 0 Å². The molecule has 2 N–H and O–H groups in total. The molecule has 0 unspecified atom stereocenters. The molecule has 2 aromatic rings. The van der Waals surface area contributed by atoms with Gasteiger partial charge in [0.2, 0.25) is 0 Å². The van der Waals surface area contributed by atoms with E-state index in [-0.39, 0.29) is 17.3 Å². The van der Waals surface area contributed by atoms with Crippen molar-refractivity contribution in [1.29, 1.82) is 0 Å². The summed E-state index contributed by atoms with van der Waals surface area (Å²) in [6.07, 6.45) is -0.718. The minimum atomic E-state index is -0.718. The van der Waals surface area contributed by atoms with Gasteiger partial charge in [-0.2, -0.15) is 0 Å². The molecule has 4 nitrogen and oxygen atoms in total. The van der Waals surface area contributed by atoms with Crippen LogP contribution in [0.3, 0.4) is 0 Å². The van der Waals surface area contributed by atoms with Crippen LogP contribution in [0.4, 0.5) is 5.69 Å². The highest BCUT2D eigenvalue weighted by Gasteiger charge is 2.16. The fraction of sp³-hybridized carbons (Fsp3) is 0.133. The molecule has 0 aliphatic heterocycles. The number of hydrogen-bond acceptors (Lipinski definition) is 3. The van der Waals surface area contributed by atoms with Gasteiger partial charge in [0.1, 0.15) is 11.5 Å². The van der Waals surface area contributed by atoms with Crippen LogP contribution in [-0.4, -0.2) is 17.1 Å². The quantitative estimate of drug-likeness (QED) is 0.793. The Morgan fingerprint density at radius 1 is 1.29 bits per heavy atom. The largest absolute Gasteiger partial charge is 0.506 e. The molecule has 21 heavy (non-hydrogen) atoms. The van der Waals surface area contributed by atoms with E-state index >= 15 is 0 Å². The number of carbonyl (C=O) groups is 1. The number of benzene rings is 2. The second-order valence-electron chi connectivity index (χ2n) is 4.36. The van der Waals surface area contributed by atoms with Crippen molar-refractivity contribution in [3.63, 3.8) is 0 Å². The van der Waals surface area contributed by atoms with Crippen LogP contribution in [0.15, 0.2) is 46.9 Å². The molecule has 6 heteroatoms. The number of ether oxygens (including phenoxy) is 1. The van der Waals surface area contributed by atoms with Gasteiger partial charge in [0.25, 0.3) is 5.91 Å². The Balaban J connectivity index is 2.02. The summed E-state index contributed by atoms with van der Waals surface area (Å²) in [7, 11) is 0. The Morgan fingerprint density at radius 3 is 2.62 bits per heavy atom.